The van der Waals surface area contributed by atoms with Crippen molar-refractivity contribution in [1.29, 1.82) is 0 Å². The Kier molecular flexibility index (Phi) is 5.00. The van der Waals surface area contributed by atoms with Crippen molar-refractivity contribution >= 4 is 23.0 Å². The van der Waals surface area contributed by atoms with E-state index >= 15 is 0 Å². The molecule has 1 amide bonds. The third kappa shape index (κ3) is 4.11. The molecule has 1 unspecified atom stereocenters. The number of benzene rings is 1. The fourth-order valence-electron chi connectivity index (χ4n) is 3.08. The van der Waals surface area contributed by atoms with Crippen LogP contribution in [0.3, 0.4) is 0 Å². The maximum Gasteiger partial charge on any atom is 0.339 e. The van der Waals surface area contributed by atoms with E-state index < -0.39 is 18.0 Å². The van der Waals surface area contributed by atoms with Gasteiger partial charge in [-0.2, -0.15) is 0 Å². The highest BCUT2D eigenvalue weighted by molar-refractivity contribution is 6.04. The van der Waals surface area contributed by atoms with Crippen LogP contribution in [0.4, 0.5) is 4.39 Å². The van der Waals surface area contributed by atoms with E-state index in [0.717, 1.165) is 24.1 Å². The number of hydrogen-bond donors (Lipinski definition) is 1. The molecule has 1 atom stereocenters. The molecule has 2 aromatic heterocycles. The zero-order chi connectivity index (χ0) is 20.5. The first-order chi connectivity index (χ1) is 13.9. The Morgan fingerprint density at radius 1 is 1.31 bits per heavy atom. The van der Waals surface area contributed by atoms with Gasteiger partial charge in [-0.1, -0.05) is 17.3 Å². The Labute approximate surface area is 166 Å². The number of halogens is 1. The van der Waals surface area contributed by atoms with Crippen LogP contribution in [0.2, 0.25) is 0 Å². The molecule has 1 N–H and O–H groups in total. The predicted octanol–water partition coefficient (Wildman–Crippen LogP) is 3.41. The minimum atomic E-state index is -1.00. The maximum absolute atomic E-state index is 13.0. The Balaban J connectivity index is 1.46. The van der Waals surface area contributed by atoms with Crippen molar-refractivity contribution in [3.8, 4) is 0 Å². The number of nitrogens with one attached hydrogen (secondary N) is 1. The second-order valence-corrected chi connectivity index (χ2v) is 7.21. The highest BCUT2D eigenvalue weighted by Gasteiger charge is 2.30. The number of ether oxygens (including phenoxy) is 1. The lowest BCUT2D eigenvalue weighted by molar-refractivity contribution is -0.129. The van der Waals surface area contributed by atoms with Gasteiger partial charge in [-0.05, 0) is 50.5 Å². The van der Waals surface area contributed by atoms with Crippen LogP contribution in [0.15, 0.2) is 34.9 Å². The number of carbonyl (C=O) groups excluding carboxylic acids is 2. The molecule has 3 aromatic rings. The monoisotopic (exact) mass is 397 g/mol. The molecule has 1 fully saturated rings. The first-order valence-corrected chi connectivity index (χ1v) is 9.42. The highest BCUT2D eigenvalue weighted by Crippen LogP contribution is 2.40. The third-order valence-corrected chi connectivity index (χ3v) is 4.89. The largest absolute Gasteiger partial charge is 0.449 e. The molecular weight excluding hydrogens is 377 g/mol. The second kappa shape index (κ2) is 7.62. The zero-order valence-corrected chi connectivity index (χ0v) is 16.1. The standard InChI is InChI=1S/C21H20FN3O4/c1-11-18-16(9-17(14-5-6-14)24-20(18)29-25-11)21(27)28-12(2)19(26)23-10-13-3-7-15(22)8-4-13/h3-4,7-9,12,14H,5-6,10H2,1-2H3,(H,23,26). The number of amides is 1. The summed E-state index contributed by atoms with van der Waals surface area (Å²) in [6, 6.07) is 7.49. The summed E-state index contributed by atoms with van der Waals surface area (Å²) in [6.45, 7) is 3.43. The molecule has 8 heteroatoms. The molecule has 29 heavy (non-hydrogen) atoms. The SMILES string of the molecule is Cc1noc2nc(C3CC3)cc(C(=O)OC(C)C(=O)NCc3ccc(F)cc3)c12. The van der Waals surface area contributed by atoms with Crippen LogP contribution >= 0.6 is 0 Å². The Morgan fingerprint density at radius 3 is 2.72 bits per heavy atom. The molecule has 0 spiro atoms. The second-order valence-electron chi connectivity index (χ2n) is 7.21. The molecule has 7 nitrogen and oxygen atoms in total. The fraction of sp³-hybridized carbons (Fsp3) is 0.333. The first-order valence-electron chi connectivity index (χ1n) is 9.42. The molecule has 1 aliphatic rings. The minimum absolute atomic E-state index is 0.205. The molecule has 0 saturated heterocycles. The zero-order valence-electron chi connectivity index (χ0n) is 16.1. The molecule has 1 saturated carbocycles. The van der Waals surface area contributed by atoms with E-state index in [1.54, 1.807) is 25.1 Å². The van der Waals surface area contributed by atoms with Gasteiger partial charge in [0.05, 0.1) is 16.6 Å². The van der Waals surface area contributed by atoms with E-state index in [9.17, 15) is 14.0 Å². The van der Waals surface area contributed by atoms with Gasteiger partial charge in [0.1, 0.15) is 5.82 Å². The number of rotatable bonds is 6. The number of aryl methyl sites for hydroxylation is 1. The summed E-state index contributed by atoms with van der Waals surface area (Å²) < 4.78 is 23.6. The predicted molar refractivity (Wildman–Crippen MR) is 102 cm³/mol. The van der Waals surface area contributed by atoms with E-state index in [4.69, 9.17) is 9.26 Å². The van der Waals surface area contributed by atoms with E-state index in [0.29, 0.717) is 28.3 Å². The van der Waals surface area contributed by atoms with Crippen molar-refractivity contribution < 1.29 is 23.2 Å². The van der Waals surface area contributed by atoms with Crippen molar-refractivity contribution in [2.45, 2.75) is 45.3 Å². The van der Waals surface area contributed by atoms with Gasteiger partial charge in [-0.25, -0.2) is 14.2 Å². The van der Waals surface area contributed by atoms with Crippen molar-refractivity contribution in [3.05, 3.63) is 58.7 Å². The van der Waals surface area contributed by atoms with Gasteiger partial charge in [0.25, 0.3) is 11.6 Å². The van der Waals surface area contributed by atoms with Crippen molar-refractivity contribution in [2.24, 2.45) is 0 Å². The average molecular weight is 397 g/mol. The average Bonchev–Trinajstić information content (AvgIpc) is 3.50. The Morgan fingerprint density at radius 2 is 2.03 bits per heavy atom. The van der Waals surface area contributed by atoms with Gasteiger partial charge < -0.3 is 14.6 Å². The van der Waals surface area contributed by atoms with E-state index in [2.05, 4.69) is 15.5 Å². The lowest BCUT2D eigenvalue weighted by Crippen LogP contribution is -2.35. The highest BCUT2D eigenvalue weighted by atomic mass is 19.1. The van der Waals surface area contributed by atoms with E-state index in [-0.39, 0.29) is 12.4 Å². The van der Waals surface area contributed by atoms with Crippen molar-refractivity contribution in [3.63, 3.8) is 0 Å². The number of aromatic nitrogens is 2. The summed E-state index contributed by atoms with van der Waals surface area (Å²) in [5.74, 6) is -1.11. The molecule has 150 valence electrons. The summed E-state index contributed by atoms with van der Waals surface area (Å²) in [6.07, 6.45) is 1.03. The molecule has 0 aliphatic heterocycles. The minimum Gasteiger partial charge on any atom is -0.449 e. The van der Waals surface area contributed by atoms with E-state index in [1.165, 1.54) is 19.1 Å². The summed E-state index contributed by atoms with van der Waals surface area (Å²) in [5, 5.41) is 7.07. The van der Waals surface area contributed by atoms with Crippen LogP contribution in [-0.4, -0.2) is 28.1 Å². The van der Waals surface area contributed by atoms with Gasteiger partial charge in [-0.3, -0.25) is 4.79 Å². The molecule has 2 heterocycles. The summed E-state index contributed by atoms with van der Waals surface area (Å²) in [5.41, 5.74) is 2.65. The fourth-order valence-corrected chi connectivity index (χ4v) is 3.08. The smallest absolute Gasteiger partial charge is 0.339 e. The van der Waals surface area contributed by atoms with Gasteiger partial charge in [0.2, 0.25) is 0 Å². The molecular formula is C21H20FN3O4. The van der Waals surface area contributed by atoms with Crippen LogP contribution in [-0.2, 0) is 16.1 Å². The topological polar surface area (TPSA) is 94.3 Å². The number of esters is 1. The first kappa shape index (κ1) is 19.0. The molecule has 0 bridgehead atoms. The lowest BCUT2D eigenvalue weighted by atomic mass is 10.1. The third-order valence-electron chi connectivity index (χ3n) is 4.89. The molecule has 1 aromatic carbocycles. The van der Waals surface area contributed by atoms with Crippen LogP contribution in [0.5, 0.6) is 0 Å². The Bertz CT molecular complexity index is 1070. The van der Waals surface area contributed by atoms with Crippen molar-refractivity contribution in [1.82, 2.24) is 15.5 Å². The number of fused-ring (bicyclic) bond motifs is 1. The quantitative estimate of drug-likeness (QED) is 0.641. The normalized spacial score (nSPS) is 14.6. The van der Waals surface area contributed by atoms with Crippen LogP contribution in [0.25, 0.3) is 11.1 Å². The summed E-state index contributed by atoms with van der Waals surface area (Å²) in [7, 11) is 0. The van der Waals surface area contributed by atoms with Crippen molar-refractivity contribution in [2.75, 3.05) is 0 Å². The van der Waals surface area contributed by atoms with Gasteiger partial charge in [0, 0.05) is 18.2 Å². The summed E-state index contributed by atoms with van der Waals surface area (Å²) >= 11 is 0. The summed E-state index contributed by atoms with van der Waals surface area (Å²) in [4.78, 5) is 29.5. The molecule has 4 rings (SSSR count). The number of pyridine rings is 1. The van der Waals surface area contributed by atoms with Gasteiger partial charge in [0.15, 0.2) is 6.10 Å². The van der Waals surface area contributed by atoms with Gasteiger partial charge >= 0.3 is 5.97 Å². The van der Waals surface area contributed by atoms with Crippen LogP contribution in [0, 0.1) is 12.7 Å². The number of carbonyl (C=O) groups is 2. The van der Waals surface area contributed by atoms with Gasteiger partial charge in [-0.15, -0.1) is 0 Å². The molecule has 0 radical (unpaired) electrons. The van der Waals surface area contributed by atoms with Crippen LogP contribution < -0.4 is 5.32 Å². The van der Waals surface area contributed by atoms with Crippen LogP contribution in [0.1, 0.15) is 53.0 Å². The Hall–Kier alpha value is -3.29. The number of nitrogens with zero attached hydrogens (tertiary/aromatic N) is 2. The lowest BCUT2D eigenvalue weighted by Gasteiger charge is -2.14. The number of hydrogen-bond acceptors (Lipinski definition) is 6. The maximum atomic E-state index is 13.0. The van der Waals surface area contributed by atoms with E-state index in [1.807, 2.05) is 0 Å². The molecule has 1 aliphatic carbocycles.